The van der Waals surface area contributed by atoms with E-state index in [-0.39, 0.29) is 36.9 Å². The van der Waals surface area contributed by atoms with Crippen LogP contribution in [-0.2, 0) is 6.18 Å². The molecule has 0 aromatic heterocycles. The fraction of sp³-hybridized carbons (Fsp3) is 0.417. The number of amides is 1. The van der Waals surface area contributed by atoms with E-state index in [0.29, 0.717) is 0 Å². The van der Waals surface area contributed by atoms with E-state index in [9.17, 15) is 18.0 Å². The predicted octanol–water partition coefficient (Wildman–Crippen LogP) is 3.16. The predicted molar refractivity (Wildman–Crippen MR) is 68.3 cm³/mol. The molecule has 0 spiro atoms. The van der Waals surface area contributed by atoms with E-state index in [2.05, 4.69) is 0 Å². The van der Waals surface area contributed by atoms with Crippen molar-refractivity contribution >= 4 is 23.4 Å². The quantitative estimate of drug-likeness (QED) is 0.866. The number of hydrogen-bond donors (Lipinski definition) is 1. The Morgan fingerprint density at radius 1 is 1.20 bits per heavy atom. The first-order valence-corrected chi connectivity index (χ1v) is 6.26. The highest BCUT2D eigenvalue weighted by molar-refractivity contribution is 6.30. The molecule has 1 saturated heterocycles. The van der Waals surface area contributed by atoms with Gasteiger partial charge in [0.1, 0.15) is 0 Å². The number of nitrogens with zero attached hydrogens (tertiary/aromatic N) is 2. The van der Waals surface area contributed by atoms with E-state index in [0.717, 1.165) is 6.07 Å². The van der Waals surface area contributed by atoms with Crippen LogP contribution in [0.2, 0.25) is 5.02 Å². The average Bonchev–Trinajstić information content (AvgIpc) is 2.37. The number of carbonyl (C=O) groups is 1. The normalized spacial score (nSPS) is 16.4. The molecule has 8 heteroatoms. The largest absolute Gasteiger partial charge is 0.465 e. The van der Waals surface area contributed by atoms with Gasteiger partial charge >= 0.3 is 12.3 Å². The van der Waals surface area contributed by atoms with Crippen molar-refractivity contribution in [2.75, 3.05) is 31.1 Å². The van der Waals surface area contributed by atoms with Gasteiger partial charge in [0.25, 0.3) is 0 Å². The molecular formula is C12H12ClF3N2O2. The van der Waals surface area contributed by atoms with Gasteiger partial charge in [-0.1, -0.05) is 11.6 Å². The summed E-state index contributed by atoms with van der Waals surface area (Å²) in [6.45, 7) is 0.740. The zero-order valence-electron chi connectivity index (χ0n) is 10.3. The molecule has 0 atom stereocenters. The molecule has 20 heavy (non-hydrogen) atoms. The Labute approximate surface area is 118 Å². The van der Waals surface area contributed by atoms with Gasteiger partial charge in [-0.2, -0.15) is 13.2 Å². The molecule has 0 saturated carbocycles. The SMILES string of the molecule is O=C(O)N1CCN(c2cc(Cl)ccc2C(F)(F)F)CC1. The fourth-order valence-corrected chi connectivity index (χ4v) is 2.31. The highest BCUT2D eigenvalue weighted by Crippen LogP contribution is 2.38. The van der Waals surface area contributed by atoms with E-state index >= 15 is 0 Å². The number of anilines is 1. The van der Waals surface area contributed by atoms with Gasteiger partial charge in [0.05, 0.1) is 11.3 Å². The van der Waals surface area contributed by atoms with Crippen LogP contribution < -0.4 is 4.90 Å². The molecule has 1 aromatic rings. The summed E-state index contributed by atoms with van der Waals surface area (Å²) in [4.78, 5) is 13.5. The van der Waals surface area contributed by atoms with Gasteiger partial charge in [-0.3, -0.25) is 0 Å². The molecule has 0 unspecified atom stereocenters. The van der Waals surface area contributed by atoms with Gasteiger partial charge in [-0.25, -0.2) is 4.79 Å². The molecule has 1 aromatic carbocycles. The van der Waals surface area contributed by atoms with Gasteiger partial charge in [0.2, 0.25) is 0 Å². The van der Waals surface area contributed by atoms with Crippen molar-refractivity contribution in [1.29, 1.82) is 0 Å². The maximum absolute atomic E-state index is 13.0. The van der Waals surface area contributed by atoms with Crippen molar-refractivity contribution < 1.29 is 23.1 Å². The molecule has 2 rings (SSSR count). The molecule has 1 aliphatic rings. The van der Waals surface area contributed by atoms with Gasteiger partial charge < -0.3 is 14.9 Å². The molecule has 1 heterocycles. The van der Waals surface area contributed by atoms with Crippen molar-refractivity contribution in [3.8, 4) is 0 Å². The molecule has 4 nitrogen and oxygen atoms in total. The molecular weight excluding hydrogens is 297 g/mol. The zero-order valence-corrected chi connectivity index (χ0v) is 11.1. The number of rotatable bonds is 1. The Morgan fingerprint density at radius 3 is 2.30 bits per heavy atom. The van der Waals surface area contributed by atoms with Crippen LogP contribution in [0.1, 0.15) is 5.56 Å². The topological polar surface area (TPSA) is 43.8 Å². The molecule has 1 N–H and O–H groups in total. The number of halogens is 4. The van der Waals surface area contributed by atoms with Crippen LogP contribution in [-0.4, -0.2) is 42.3 Å². The van der Waals surface area contributed by atoms with Crippen molar-refractivity contribution in [2.45, 2.75) is 6.18 Å². The van der Waals surface area contributed by atoms with Crippen LogP contribution in [0.25, 0.3) is 0 Å². The Kier molecular flexibility index (Phi) is 3.99. The second-order valence-corrected chi connectivity index (χ2v) is 4.85. The zero-order chi connectivity index (χ0) is 14.9. The maximum atomic E-state index is 13.0. The van der Waals surface area contributed by atoms with Gasteiger partial charge in [-0.15, -0.1) is 0 Å². The number of hydrogen-bond acceptors (Lipinski definition) is 2. The highest BCUT2D eigenvalue weighted by atomic mass is 35.5. The second-order valence-electron chi connectivity index (χ2n) is 4.42. The van der Waals surface area contributed by atoms with E-state index < -0.39 is 17.8 Å². The minimum absolute atomic E-state index is 0.00459. The standard InChI is InChI=1S/C12H12ClF3N2O2/c13-8-1-2-9(12(14,15)16)10(7-8)17-3-5-18(6-4-17)11(19)20/h1-2,7H,3-6H2,(H,19,20). The first kappa shape index (κ1) is 14.8. The smallest absolute Gasteiger partial charge is 0.418 e. The van der Waals surface area contributed by atoms with Crippen LogP contribution in [0.4, 0.5) is 23.7 Å². The van der Waals surface area contributed by atoms with Gasteiger partial charge in [-0.05, 0) is 18.2 Å². The van der Waals surface area contributed by atoms with Gasteiger partial charge in [0.15, 0.2) is 0 Å². The first-order valence-electron chi connectivity index (χ1n) is 5.88. The Hall–Kier alpha value is -1.63. The molecule has 110 valence electrons. The monoisotopic (exact) mass is 308 g/mol. The fourth-order valence-electron chi connectivity index (χ4n) is 2.14. The van der Waals surface area contributed by atoms with E-state index in [4.69, 9.17) is 16.7 Å². The summed E-state index contributed by atoms with van der Waals surface area (Å²) in [6.07, 6.45) is -5.53. The molecule has 0 radical (unpaired) electrons. The summed E-state index contributed by atoms with van der Waals surface area (Å²) in [5, 5.41) is 9.05. The van der Waals surface area contributed by atoms with Crippen molar-refractivity contribution in [2.24, 2.45) is 0 Å². The summed E-state index contributed by atoms with van der Waals surface area (Å²) in [6, 6.07) is 3.41. The Bertz CT molecular complexity index is 514. The van der Waals surface area contributed by atoms with Crippen LogP contribution >= 0.6 is 11.6 Å². The number of alkyl halides is 3. The van der Waals surface area contributed by atoms with Crippen LogP contribution in [0.15, 0.2) is 18.2 Å². The maximum Gasteiger partial charge on any atom is 0.418 e. The lowest BCUT2D eigenvalue weighted by atomic mass is 10.1. The average molecular weight is 309 g/mol. The Balaban J connectivity index is 2.25. The highest BCUT2D eigenvalue weighted by Gasteiger charge is 2.35. The van der Waals surface area contributed by atoms with Gasteiger partial charge in [0, 0.05) is 31.2 Å². The molecule has 1 amide bonds. The number of benzene rings is 1. The molecule has 1 aliphatic heterocycles. The van der Waals surface area contributed by atoms with Crippen molar-refractivity contribution in [3.63, 3.8) is 0 Å². The lowest BCUT2D eigenvalue weighted by molar-refractivity contribution is -0.137. The van der Waals surface area contributed by atoms with Crippen LogP contribution in [0, 0.1) is 0 Å². The van der Waals surface area contributed by atoms with Crippen molar-refractivity contribution in [3.05, 3.63) is 28.8 Å². The Morgan fingerprint density at radius 2 is 1.80 bits per heavy atom. The first-order chi connectivity index (χ1) is 9.29. The number of carboxylic acid groups (broad SMARTS) is 1. The summed E-state index contributed by atoms with van der Waals surface area (Å²) in [5.74, 6) is 0. The third kappa shape index (κ3) is 3.09. The van der Waals surface area contributed by atoms with E-state index in [1.807, 2.05) is 0 Å². The summed E-state index contributed by atoms with van der Waals surface area (Å²) >= 11 is 5.77. The summed E-state index contributed by atoms with van der Waals surface area (Å²) in [5.41, 5.74) is -0.763. The van der Waals surface area contributed by atoms with E-state index in [1.165, 1.54) is 21.9 Å². The third-order valence-corrected chi connectivity index (χ3v) is 3.39. The molecule has 1 fully saturated rings. The van der Waals surface area contributed by atoms with E-state index in [1.54, 1.807) is 0 Å². The minimum Gasteiger partial charge on any atom is -0.465 e. The lowest BCUT2D eigenvalue weighted by Crippen LogP contribution is -2.48. The lowest BCUT2D eigenvalue weighted by Gasteiger charge is -2.35. The van der Waals surface area contributed by atoms with Crippen LogP contribution in [0.3, 0.4) is 0 Å². The minimum atomic E-state index is -4.47. The van der Waals surface area contributed by atoms with Crippen molar-refractivity contribution in [1.82, 2.24) is 4.90 Å². The third-order valence-electron chi connectivity index (χ3n) is 3.16. The summed E-state index contributed by atoms with van der Waals surface area (Å²) in [7, 11) is 0. The summed E-state index contributed by atoms with van der Waals surface area (Å²) < 4.78 is 38.9. The van der Waals surface area contributed by atoms with Crippen LogP contribution in [0.5, 0.6) is 0 Å². The molecule has 0 aliphatic carbocycles. The molecule has 0 bridgehead atoms. The number of piperazine rings is 1. The second kappa shape index (κ2) is 5.40.